The van der Waals surface area contributed by atoms with Crippen LogP contribution in [-0.4, -0.2) is 41.7 Å². The Morgan fingerprint density at radius 1 is 1.17 bits per heavy atom. The van der Waals surface area contributed by atoms with Gasteiger partial charge in [-0.3, -0.25) is 14.9 Å². The van der Waals surface area contributed by atoms with E-state index in [2.05, 4.69) is 5.32 Å². The molecular formula is C19H23N3O7. The molecule has 0 fully saturated rings. The quantitative estimate of drug-likeness (QED) is 0.636. The molecule has 0 aliphatic heterocycles. The average molecular weight is 405 g/mol. The summed E-state index contributed by atoms with van der Waals surface area (Å²) < 4.78 is 16.5. The number of nitrogens with one attached hydrogen (secondary N) is 2. The van der Waals surface area contributed by atoms with Gasteiger partial charge in [-0.15, -0.1) is 0 Å². The van der Waals surface area contributed by atoms with Gasteiger partial charge >= 0.3 is 18.0 Å². The monoisotopic (exact) mass is 405 g/mol. The van der Waals surface area contributed by atoms with E-state index in [0.717, 1.165) is 0 Å². The number of imide groups is 1. The number of carbonyl (C=O) groups is 4. The first kappa shape index (κ1) is 21.7. The molecule has 0 saturated carbocycles. The molecule has 3 amide bonds. The predicted octanol–water partition coefficient (Wildman–Crippen LogP) is 1.44. The molecule has 0 aliphatic carbocycles. The minimum atomic E-state index is -0.775. The Hall–Kier alpha value is -3.56. The Bertz CT molecular complexity index is 884. The molecule has 2 heterocycles. The van der Waals surface area contributed by atoms with Crippen LogP contribution in [0.25, 0.3) is 0 Å². The van der Waals surface area contributed by atoms with Crippen LogP contribution in [0.5, 0.6) is 0 Å². The van der Waals surface area contributed by atoms with Crippen LogP contribution < -0.4 is 10.6 Å². The first-order valence-electron chi connectivity index (χ1n) is 8.91. The molecule has 0 unspecified atom stereocenters. The summed E-state index contributed by atoms with van der Waals surface area (Å²) in [5, 5.41) is 4.47. The van der Waals surface area contributed by atoms with Gasteiger partial charge in [0.05, 0.1) is 25.0 Å². The van der Waals surface area contributed by atoms with E-state index in [4.69, 9.17) is 13.9 Å². The molecule has 0 bridgehead atoms. The molecule has 2 aromatic heterocycles. The Kier molecular flexibility index (Phi) is 7.58. The van der Waals surface area contributed by atoms with Crippen LogP contribution >= 0.6 is 0 Å². The third-order valence-corrected chi connectivity index (χ3v) is 3.98. The van der Waals surface area contributed by atoms with E-state index in [1.165, 1.54) is 6.26 Å². The minimum absolute atomic E-state index is 0.112. The second-order valence-corrected chi connectivity index (χ2v) is 6.06. The third kappa shape index (κ3) is 6.23. The molecule has 10 heteroatoms. The maximum Gasteiger partial charge on any atom is 0.339 e. The predicted molar refractivity (Wildman–Crippen MR) is 99.9 cm³/mol. The number of hydrogen-bond acceptors (Lipinski definition) is 7. The SMILES string of the molecule is CCOC(=O)c1cc(C)n(CC(=O)OCC(=O)NC(=O)NCc2ccco2)c1C. The Morgan fingerprint density at radius 3 is 2.59 bits per heavy atom. The van der Waals surface area contributed by atoms with Crippen molar-refractivity contribution in [2.24, 2.45) is 0 Å². The number of aryl methyl sites for hydroxylation is 1. The van der Waals surface area contributed by atoms with Crippen molar-refractivity contribution in [2.45, 2.75) is 33.9 Å². The van der Waals surface area contributed by atoms with Crippen LogP contribution in [0.3, 0.4) is 0 Å². The zero-order valence-corrected chi connectivity index (χ0v) is 16.4. The van der Waals surface area contributed by atoms with Crippen molar-refractivity contribution in [2.75, 3.05) is 13.2 Å². The van der Waals surface area contributed by atoms with E-state index >= 15 is 0 Å². The van der Waals surface area contributed by atoms with Gasteiger partial charge in [-0.25, -0.2) is 9.59 Å². The van der Waals surface area contributed by atoms with Crippen LogP contribution in [0.15, 0.2) is 28.9 Å². The lowest BCUT2D eigenvalue weighted by Crippen LogP contribution is -2.41. The van der Waals surface area contributed by atoms with Gasteiger partial charge in [0.25, 0.3) is 5.91 Å². The van der Waals surface area contributed by atoms with Gasteiger partial charge in [0, 0.05) is 11.4 Å². The number of rotatable bonds is 8. The summed E-state index contributed by atoms with van der Waals surface area (Å²) in [5.41, 5.74) is 1.59. The number of amides is 3. The fraction of sp³-hybridized carbons (Fsp3) is 0.368. The lowest BCUT2D eigenvalue weighted by atomic mass is 10.2. The van der Waals surface area contributed by atoms with Crippen molar-refractivity contribution in [3.63, 3.8) is 0 Å². The maximum atomic E-state index is 12.0. The smallest absolute Gasteiger partial charge is 0.339 e. The number of nitrogens with zero attached hydrogens (tertiary/aromatic N) is 1. The Balaban J connectivity index is 1.79. The van der Waals surface area contributed by atoms with E-state index < -0.39 is 30.5 Å². The van der Waals surface area contributed by atoms with Crippen molar-refractivity contribution >= 4 is 23.9 Å². The normalized spacial score (nSPS) is 10.3. The highest BCUT2D eigenvalue weighted by molar-refractivity contribution is 5.95. The van der Waals surface area contributed by atoms with Crippen LogP contribution in [0.1, 0.15) is 34.4 Å². The molecule has 2 aromatic rings. The molecule has 29 heavy (non-hydrogen) atoms. The van der Waals surface area contributed by atoms with Gasteiger partial charge in [0.1, 0.15) is 12.3 Å². The molecule has 0 saturated heterocycles. The highest BCUT2D eigenvalue weighted by atomic mass is 16.5. The molecular weight excluding hydrogens is 382 g/mol. The second kappa shape index (κ2) is 10.1. The summed E-state index contributed by atoms with van der Waals surface area (Å²) in [5.74, 6) is -1.41. The van der Waals surface area contributed by atoms with E-state index in [0.29, 0.717) is 22.7 Å². The molecule has 0 atom stereocenters. The van der Waals surface area contributed by atoms with Crippen LogP contribution in [0.4, 0.5) is 4.79 Å². The van der Waals surface area contributed by atoms with E-state index in [1.807, 2.05) is 5.32 Å². The van der Waals surface area contributed by atoms with Gasteiger partial charge in [0.15, 0.2) is 6.61 Å². The van der Waals surface area contributed by atoms with Crippen molar-refractivity contribution < 1.29 is 33.1 Å². The van der Waals surface area contributed by atoms with Crippen LogP contribution in [0, 0.1) is 13.8 Å². The summed E-state index contributed by atoms with van der Waals surface area (Å²) >= 11 is 0. The summed E-state index contributed by atoms with van der Waals surface area (Å²) in [6.45, 7) is 4.68. The number of urea groups is 1. The van der Waals surface area contributed by atoms with Crippen molar-refractivity contribution in [1.29, 1.82) is 0 Å². The number of aromatic nitrogens is 1. The fourth-order valence-electron chi connectivity index (χ4n) is 2.57. The Labute approximate surface area is 167 Å². The molecule has 2 N–H and O–H groups in total. The molecule has 156 valence electrons. The largest absolute Gasteiger partial charge is 0.467 e. The summed E-state index contributed by atoms with van der Waals surface area (Å²) in [7, 11) is 0. The van der Waals surface area contributed by atoms with Gasteiger partial charge in [0.2, 0.25) is 0 Å². The molecule has 2 rings (SSSR count). The number of hydrogen-bond donors (Lipinski definition) is 2. The standard InChI is InChI=1S/C19H23N3O7/c1-4-27-18(25)15-8-12(2)22(13(15)3)10-17(24)29-11-16(23)21-19(26)20-9-14-6-5-7-28-14/h5-8H,4,9-11H2,1-3H3,(H2,20,21,23,26). The summed E-state index contributed by atoms with van der Waals surface area (Å²) in [4.78, 5) is 47.3. The molecule has 0 radical (unpaired) electrons. The first-order chi connectivity index (χ1) is 13.8. The van der Waals surface area contributed by atoms with Gasteiger partial charge in [-0.2, -0.15) is 0 Å². The molecule has 0 spiro atoms. The van der Waals surface area contributed by atoms with Crippen molar-refractivity contribution in [1.82, 2.24) is 15.2 Å². The van der Waals surface area contributed by atoms with Crippen LogP contribution in [-0.2, 0) is 32.2 Å². The van der Waals surface area contributed by atoms with Gasteiger partial charge in [-0.05, 0) is 39.0 Å². The van der Waals surface area contributed by atoms with E-state index in [-0.39, 0.29) is 19.7 Å². The molecule has 0 aromatic carbocycles. The topological polar surface area (TPSA) is 129 Å². The first-order valence-corrected chi connectivity index (χ1v) is 8.91. The molecule has 0 aliphatic rings. The number of furan rings is 1. The van der Waals surface area contributed by atoms with Crippen molar-refractivity contribution in [3.05, 3.63) is 47.2 Å². The third-order valence-electron chi connectivity index (χ3n) is 3.98. The summed E-state index contributed by atoms with van der Waals surface area (Å²) in [6.07, 6.45) is 1.46. The lowest BCUT2D eigenvalue weighted by Gasteiger charge is -2.10. The van der Waals surface area contributed by atoms with E-state index in [9.17, 15) is 19.2 Å². The second-order valence-electron chi connectivity index (χ2n) is 6.06. The average Bonchev–Trinajstić information content (AvgIpc) is 3.28. The number of esters is 2. The minimum Gasteiger partial charge on any atom is -0.467 e. The zero-order valence-electron chi connectivity index (χ0n) is 16.4. The highest BCUT2D eigenvalue weighted by Crippen LogP contribution is 2.16. The number of ether oxygens (including phenoxy) is 2. The number of carbonyl (C=O) groups excluding carboxylic acids is 4. The van der Waals surface area contributed by atoms with Gasteiger partial charge < -0.3 is 23.8 Å². The maximum absolute atomic E-state index is 12.0. The fourth-order valence-corrected chi connectivity index (χ4v) is 2.57. The Morgan fingerprint density at radius 2 is 1.93 bits per heavy atom. The van der Waals surface area contributed by atoms with Crippen LogP contribution in [0.2, 0.25) is 0 Å². The zero-order chi connectivity index (χ0) is 21.4. The highest BCUT2D eigenvalue weighted by Gasteiger charge is 2.19. The summed E-state index contributed by atoms with van der Waals surface area (Å²) in [6, 6.07) is 4.22. The molecule has 10 nitrogen and oxygen atoms in total. The lowest BCUT2D eigenvalue weighted by molar-refractivity contribution is -0.148. The van der Waals surface area contributed by atoms with E-state index in [1.54, 1.807) is 43.5 Å². The van der Waals surface area contributed by atoms with Crippen molar-refractivity contribution in [3.8, 4) is 0 Å². The van der Waals surface area contributed by atoms with Gasteiger partial charge in [-0.1, -0.05) is 0 Å².